The lowest BCUT2D eigenvalue weighted by Gasteiger charge is -2.18. The van der Waals surface area contributed by atoms with Crippen molar-refractivity contribution in [1.82, 2.24) is 15.0 Å². The second-order valence-electron chi connectivity index (χ2n) is 4.57. The standard InChI is InChI=1S/C13H16N4S/c1-8-7-18-13(15-8)12-16-10-6-4-3-5-9(10)11(14-2)17-12/h7H,3-6H2,1-2H3,(H,14,16,17). The number of rotatable bonds is 2. The van der Waals surface area contributed by atoms with E-state index < -0.39 is 0 Å². The fourth-order valence-corrected chi connectivity index (χ4v) is 3.08. The number of aromatic nitrogens is 3. The molecule has 0 spiro atoms. The van der Waals surface area contributed by atoms with E-state index in [2.05, 4.69) is 15.3 Å². The summed E-state index contributed by atoms with van der Waals surface area (Å²) in [4.78, 5) is 13.8. The van der Waals surface area contributed by atoms with Gasteiger partial charge in [-0.05, 0) is 32.6 Å². The lowest BCUT2D eigenvalue weighted by molar-refractivity contribution is 0.665. The predicted octanol–water partition coefficient (Wildman–Crippen LogP) is 2.83. The molecule has 0 amide bonds. The van der Waals surface area contributed by atoms with Gasteiger partial charge in [0.2, 0.25) is 0 Å². The van der Waals surface area contributed by atoms with E-state index in [1.165, 1.54) is 24.1 Å². The Kier molecular flexibility index (Phi) is 2.99. The number of anilines is 1. The van der Waals surface area contributed by atoms with E-state index in [1.54, 1.807) is 11.3 Å². The molecule has 4 nitrogen and oxygen atoms in total. The summed E-state index contributed by atoms with van der Waals surface area (Å²) in [7, 11) is 1.92. The van der Waals surface area contributed by atoms with Crippen molar-refractivity contribution >= 4 is 17.2 Å². The van der Waals surface area contributed by atoms with Gasteiger partial charge in [-0.15, -0.1) is 11.3 Å². The first-order valence-electron chi connectivity index (χ1n) is 6.28. The maximum atomic E-state index is 4.70. The number of nitrogens with zero attached hydrogens (tertiary/aromatic N) is 3. The van der Waals surface area contributed by atoms with Gasteiger partial charge in [0, 0.05) is 29.4 Å². The molecule has 0 unspecified atom stereocenters. The highest BCUT2D eigenvalue weighted by Gasteiger charge is 2.18. The van der Waals surface area contributed by atoms with E-state index in [-0.39, 0.29) is 0 Å². The lowest BCUT2D eigenvalue weighted by atomic mass is 9.96. The average Bonchev–Trinajstić information content (AvgIpc) is 2.84. The summed E-state index contributed by atoms with van der Waals surface area (Å²) in [6.07, 6.45) is 4.61. The molecule has 0 saturated heterocycles. The van der Waals surface area contributed by atoms with Gasteiger partial charge in [-0.1, -0.05) is 0 Å². The van der Waals surface area contributed by atoms with Crippen LogP contribution in [0, 0.1) is 6.92 Å². The fourth-order valence-electron chi connectivity index (χ4n) is 2.35. The third-order valence-electron chi connectivity index (χ3n) is 3.23. The van der Waals surface area contributed by atoms with Crippen LogP contribution in [0.1, 0.15) is 29.8 Å². The highest BCUT2D eigenvalue weighted by atomic mass is 32.1. The zero-order valence-corrected chi connectivity index (χ0v) is 11.5. The maximum absolute atomic E-state index is 4.70. The second kappa shape index (κ2) is 4.65. The number of fused-ring (bicyclic) bond motifs is 1. The van der Waals surface area contributed by atoms with E-state index in [0.717, 1.165) is 35.2 Å². The molecule has 0 aliphatic heterocycles. The van der Waals surface area contributed by atoms with Gasteiger partial charge in [-0.3, -0.25) is 0 Å². The van der Waals surface area contributed by atoms with E-state index in [9.17, 15) is 0 Å². The largest absolute Gasteiger partial charge is 0.373 e. The molecule has 0 saturated carbocycles. The third-order valence-corrected chi connectivity index (χ3v) is 4.19. The van der Waals surface area contributed by atoms with Crippen molar-refractivity contribution in [1.29, 1.82) is 0 Å². The Morgan fingerprint density at radius 2 is 2.00 bits per heavy atom. The van der Waals surface area contributed by atoms with Crippen LogP contribution < -0.4 is 5.32 Å². The van der Waals surface area contributed by atoms with Crippen LogP contribution in [0.5, 0.6) is 0 Å². The van der Waals surface area contributed by atoms with Gasteiger partial charge in [-0.2, -0.15) is 0 Å². The summed E-state index contributed by atoms with van der Waals surface area (Å²) >= 11 is 1.61. The van der Waals surface area contributed by atoms with Gasteiger partial charge >= 0.3 is 0 Å². The molecule has 1 N–H and O–H groups in total. The van der Waals surface area contributed by atoms with Crippen molar-refractivity contribution in [2.45, 2.75) is 32.6 Å². The van der Waals surface area contributed by atoms with Crippen LogP contribution in [0.3, 0.4) is 0 Å². The minimum absolute atomic E-state index is 0.762. The molecule has 5 heteroatoms. The van der Waals surface area contributed by atoms with Gasteiger partial charge in [0.1, 0.15) is 5.82 Å². The van der Waals surface area contributed by atoms with Gasteiger partial charge in [0.15, 0.2) is 10.8 Å². The average molecular weight is 260 g/mol. The molecule has 2 aromatic heterocycles. The monoisotopic (exact) mass is 260 g/mol. The van der Waals surface area contributed by atoms with Crippen molar-refractivity contribution in [3.63, 3.8) is 0 Å². The zero-order valence-electron chi connectivity index (χ0n) is 10.7. The maximum Gasteiger partial charge on any atom is 0.190 e. The normalized spacial score (nSPS) is 14.3. The quantitative estimate of drug-likeness (QED) is 0.902. The first-order valence-corrected chi connectivity index (χ1v) is 7.16. The molecule has 2 aromatic rings. The molecule has 2 heterocycles. The van der Waals surface area contributed by atoms with Crippen LogP contribution >= 0.6 is 11.3 Å². The minimum atomic E-state index is 0.762. The van der Waals surface area contributed by atoms with E-state index in [4.69, 9.17) is 4.98 Å². The molecular formula is C13H16N4S. The van der Waals surface area contributed by atoms with E-state index >= 15 is 0 Å². The Balaban J connectivity index is 2.11. The second-order valence-corrected chi connectivity index (χ2v) is 5.43. The molecule has 0 bridgehead atoms. The molecule has 1 aliphatic carbocycles. The number of hydrogen-bond acceptors (Lipinski definition) is 5. The van der Waals surface area contributed by atoms with Crippen LogP contribution in [-0.2, 0) is 12.8 Å². The Hall–Kier alpha value is -1.49. The van der Waals surface area contributed by atoms with Crippen molar-refractivity contribution in [3.05, 3.63) is 22.3 Å². The molecule has 1 aliphatic rings. The SMILES string of the molecule is CNc1nc(-c2nc(C)cs2)nc2c1CCCC2. The van der Waals surface area contributed by atoms with E-state index in [0.29, 0.717) is 0 Å². The summed E-state index contributed by atoms with van der Waals surface area (Å²) < 4.78 is 0. The highest BCUT2D eigenvalue weighted by Crippen LogP contribution is 2.29. The van der Waals surface area contributed by atoms with Gasteiger partial charge in [0.05, 0.1) is 0 Å². The van der Waals surface area contributed by atoms with Crippen LogP contribution in [0.4, 0.5) is 5.82 Å². The Morgan fingerprint density at radius 3 is 2.72 bits per heavy atom. The number of hydrogen-bond donors (Lipinski definition) is 1. The summed E-state index contributed by atoms with van der Waals surface area (Å²) in [5.74, 6) is 1.74. The Bertz CT molecular complexity index is 559. The summed E-state index contributed by atoms with van der Waals surface area (Å²) in [5.41, 5.74) is 3.52. The van der Waals surface area contributed by atoms with Gasteiger partial charge < -0.3 is 5.32 Å². The van der Waals surface area contributed by atoms with Gasteiger partial charge in [-0.25, -0.2) is 15.0 Å². The molecule has 94 valence electrons. The third kappa shape index (κ3) is 1.99. The first-order chi connectivity index (χ1) is 8.78. The lowest BCUT2D eigenvalue weighted by Crippen LogP contribution is -2.11. The first kappa shape index (κ1) is 11.6. The number of thiazole rings is 1. The van der Waals surface area contributed by atoms with Crippen molar-refractivity contribution in [2.24, 2.45) is 0 Å². The summed E-state index contributed by atoms with van der Waals surface area (Å²) in [6.45, 7) is 2.00. The summed E-state index contributed by atoms with van der Waals surface area (Å²) in [6, 6.07) is 0. The number of nitrogens with one attached hydrogen (secondary N) is 1. The number of aryl methyl sites for hydroxylation is 2. The predicted molar refractivity (Wildman–Crippen MR) is 74.1 cm³/mol. The highest BCUT2D eigenvalue weighted by molar-refractivity contribution is 7.13. The molecular weight excluding hydrogens is 244 g/mol. The molecule has 0 radical (unpaired) electrons. The molecule has 18 heavy (non-hydrogen) atoms. The van der Waals surface area contributed by atoms with Crippen molar-refractivity contribution in [2.75, 3.05) is 12.4 Å². The topological polar surface area (TPSA) is 50.7 Å². The molecule has 0 atom stereocenters. The van der Waals surface area contributed by atoms with Crippen molar-refractivity contribution < 1.29 is 0 Å². The van der Waals surface area contributed by atoms with Crippen molar-refractivity contribution in [3.8, 4) is 10.8 Å². The fraction of sp³-hybridized carbons (Fsp3) is 0.462. The van der Waals surface area contributed by atoms with Crippen LogP contribution in [0.25, 0.3) is 10.8 Å². The van der Waals surface area contributed by atoms with Crippen LogP contribution in [0.2, 0.25) is 0 Å². The smallest absolute Gasteiger partial charge is 0.190 e. The Morgan fingerprint density at radius 1 is 1.17 bits per heavy atom. The van der Waals surface area contributed by atoms with E-state index in [1.807, 2.05) is 19.4 Å². The zero-order chi connectivity index (χ0) is 12.5. The summed E-state index contributed by atoms with van der Waals surface area (Å²) in [5, 5.41) is 6.15. The Labute approximate surface area is 111 Å². The van der Waals surface area contributed by atoms with Crippen LogP contribution in [-0.4, -0.2) is 22.0 Å². The molecule has 3 rings (SSSR count). The molecule has 0 fully saturated rings. The van der Waals surface area contributed by atoms with Crippen LogP contribution in [0.15, 0.2) is 5.38 Å². The minimum Gasteiger partial charge on any atom is -0.373 e. The molecule has 0 aromatic carbocycles. The van der Waals surface area contributed by atoms with Gasteiger partial charge in [0.25, 0.3) is 0 Å².